The van der Waals surface area contributed by atoms with Crippen molar-refractivity contribution in [3.8, 4) is 11.6 Å². The van der Waals surface area contributed by atoms with E-state index < -0.39 is 20.7 Å². The molecule has 2 aromatic heterocycles. The van der Waals surface area contributed by atoms with Gasteiger partial charge >= 0.3 is 10.9 Å². The summed E-state index contributed by atoms with van der Waals surface area (Å²) >= 11 is 6.11. The number of halogens is 4. The van der Waals surface area contributed by atoms with Crippen LogP contribution in [0.1, 0.15) is 12.5 Å². The van der Waals surface area contributed by atoms with Gasteiger partial charge in [-0.3, -0.25) is 14.5 Å². The van der Waals surface area contributed by atoms with E-state index in [2.05, 4.69) is 20.1 Å². The van der Waals surface area contributed by atoms with E-state index in [1.54, 1.807) is 48.7 Å². The molecule has 0 aliphatic rings. The molecule has 0 unspecified atom stereocenters. The maximum Gasteiger partial charge on any atom is 0.415 e. The standard InChI is InChI=1S/C28H26ClN5O6S.3ClH/c1-2-33(14-15-39-27-28(34(36)40-32-27)41(37,38)22-6-4-3-5-7-22)18-19-16-21(9-11-26(19)35)31-24-12-13-30-25-17-20(29)8-10-23(24)25;;;/h3-13,16-17,35H,2,14-15,18H2,1H3,(H,30,31);3*1H. The van der Waals surface area contributed by atoms with E-state index in [4.69, 9.17) is 16.3 Å². The van der Waals surface area contributed by atoms with Crippen LogP contribution in [0.25, 0.3) is 10.9 Å². The van der Waals surface area contributed by atoms with Gasteiger partial charge in [0.05, 0.1) is 15.6 Å². The molecule has 2 N–H and O–H groups in total. The predicted molar refractivity (Wildman–Crippen MR) is 174 cm³/mol. The lowest BCUT2D eigenvalue weighted by atomic mass is 10.1. The van der Waals surface area contributed by atoms with Crippen LogP contribution in [0.4, 0.5) is 11.4 Å². The summed E-state index contributed by atoms with van der Waals surface area (Å²) in [7, 11) is -4.21. The molecule has 0 atom stereocenters. The number of phenols is 1. The first-order valence-electron chi connectivity index (χ1n) is 12.6. The molecular weight excluding hydrogens is 676 g/mol. The van der Waals surface area contributed by atoms with Crippen LogP contribution in [0.3, 0.4) is 0 Å². The number of fused-ring (bicyclic) bond motifs is 1. The van der Waals surface area contributed by atoms with Gasteiger partial charge in [-0.1, -0.05) is 36.7 Å². The van der Waals surface area contributed by atoms with Gasteiger partial charge in [-0.2, -0.15) is 0 Å². The molecule has 5 rings (SSSR count). The lowest BCUT2D eigenvalue weighted by molar-refractivity contribution is -0.832. The lowest BCUT2D eigenvalue weighted by Crippen LogP contribution is -2.31. The highest BCUT2D eigenvalue weighted by molar-refractivity contribution is 7.91. The number of aromatic hydroxyl groups is 1. The fourth-order valence-corrected chi connectivity index (χ4v) is 5.74. The molecule has 0 fully saturated rings. The minimum absolute atomic E-state index is 0. The number of phenolic OH excluding ortho intramolecular Hbond substituents is 1. The van der Waals surface area contributed by atoms with Crippen molar-refractivity contribution in [1.29, 1.82) is 0 Å². The summed E-state index contributed by atoms with van der Waals surface area (Å²) in [6, 6.07) is 20.1. The fraction of sp³-hybridized carbons (Fsp3) is 0.179. The Morgan fingerprint density at radius 2 is 1.82 bits per heavy atom. The lowest BCUT2D eigenvalue weighted by Gasteiger charge is -2.21. The topological polar surface area (TPSA) is 145 Å². The maximum absolute atomic E-state index is 13.0. The molecule has 0 radical (unpaired) electrons. The van der Waals surface area contributed by atoms with Gasteiger partial charge in [0.1, 0.15) is 12.4 Å². The molecule has 0 saturated heterocycles. The van der Waals surface area contributed by atoms with Crippen molar-refractivity contribution in [2.45, 2.75) is 23.4 Å². The summed E-state index contributed by atoms with van der Waals surface area (Å²) in [5.41, 5.74) is 3.04. The Morgan fingerprint density at radius 1 is 1.07 bits per heavy atom. The SMILES string of the molecule is CCN(CCOc1no[n+]([O-])c1S(=O)(=O)c1ccccc1)Cc1cc(Nc2ccnc3cc(Cl)ccc23)ccc1O.Cl.Cl.Cl. The van der Waals surface area contributed by atoms with E-state index >= 15 is 0 Å². The fourth-order valence-electron chi connectivity index (χ4n) is 4.28. The molecular formula is C28H29Cl4N5O6S. The van der Waals surface area contributed by atoms with Crippen LogP contribution >= 0.6 is 48.8 Å². The van der Waals surface area contributed by atoms with Crippen molar-refractivity contribution in [2.75, 3.05) is 25.0 Å². The number of pyridine rings is 1. The van der Waals surface area contributed by atoms with Gasteiger partial charge in [0, 0.05) is 46.6 Å². The van der Waals surface area contributed by atoms with Crippen LogP contribution < -0.4 is 15.0 Å². The number of nitrogens with zero attached hydrogens (tertiary/aromatic N) is 4. The first-order valence-corrected chi connectivity index (χ1v) is 14.5. The third kappa shape index (κ3) is 8.14. The molecule has 0 spiro atoms. The summed E-state index contributed by atoms with van der Waals surface area (Å²) in [6.07, 6.45) is 1.70. The average Bonchev–Trinajstić information content (AvgIpc) is 3.35. The van der Waals surface area contributed by atoms with Gasteiger partial charge in [-0.25, -0.2) is 8.42 Å². The predicted octanol–water partition coefficient (Wildman–Crippen LogP) is 5.96. The molecule has 0 aliphatic carbocycles. The zero-order chi connectivity index (χ0) is 29.0. The summed E-state index contributed by atoms with van der Waals surface area (Å²) in [5, 5.41) is 30.3. The number of likely N-dealkylation sites (N-methyl/N-ethyl adjacent to an activating group) is 1. The van der Waals surface area contributed by atoms with E-state index in [9.17, 15) is 18.7 Å². The number of aromatic nitrogens is 3. The van der Waals surface area contributed by atoms with E-state index in [0.717, 1.165) is 22.3 Å². The molecule has 0 aliphatic heterocycles. The van der Waals surface area contributed by atoms with Crippen LogP contribution in [0.15, 0.2) is 93.5 Å². The number of sulfone groups is 1. The van der Waals surface area contributed by atoms with Gasteiger partial charge in [-0.15, -0.1) is 37.2 Å². The van der Waals surface area contributed by atoms with Crippen molar-refractivity contribution in [3.63, 3.8) is 0 Å². The number of ether oxygens (including phenoxy) is 1. The second kappa shape index (κ2) is 16.0. The molecule has 11 nitrogen and oxygen atoms in total. The number of rotatable bonds is 11. The third-order valence-corrected chi connectivity index (χ3v) is 8.37. The van der Waals surface area contributed by atoms with Crippen LogP contribution in [0, 0.1) is 5.21 Å². The van der Waals surface area contributed by atoms with Gasteiger partial charge in [0.25, 0.3) is 9.84 Å². The quantitative estimate of drug-likeness (QED) is 0.125. The molecule has 16 heteroatoms. The number of anilines is 2. The number of hydrogen-bond donors (Lipinski definition) is 2. The van der Waals surface area contributed by atoms with Crippen LogP contribution in [0.2, 0.25) is 5.02 Å². The van der Waals surface area contributed by atoms with Crippen molar-refractivity contribution < 1.29 is 27.8 Å². The Morgan fingerprint density at radius 3 is 2.55 bits per heavy atom. The van der Waals surface area contributed by atoms with Crippen molar-refractivity contribution in [1.82, 2.24) is 15.0 Å². The molecule has 236 valence electrons. The zero-order valence-corrected chi connectivity index (χ0v) is 27.1. The summed E-state index contributed by atoms with van der Waals surface area (Å²) in [4.78, 5) is 6.10. The Kier molecular flexibility index (Phi) is 13.3. The summed E-state index contributed by atoms with van der Waals surface area (Å²) in [6.45, 7) is 3.29. The Balaban J connectivity index is 0.00000225. The van der Waals surface area contributed by atoms with Crippen molar-refractivity contribution >= 4 is 80.9 Å². The Hall–Kier alpha value is -3.52. The molecule has 2 heterocycles. The highest BCUT2D eigenvalue weighted by Crippen LogP contribution is 2.30. The highest BCUT2D eigenvalue weighted by atomic mass is 35.5. The first kappa shape index (κ1) is 36.7. The van der Waals surface area contributed by atoms with E-state index in [1.807, 2.05) is 30.0 Å². The zero-order valence-electron chi connectivity index (χ0n) is 23.1. The molecule has 44 heavy (non-hydrogen) atoms. The van der Waals surface area contributed by atoms with Gasteiger partial charge in [0.15, 0.2) is 0 Å². The number of benzene rings is 3. The Bertz CT molecular complexity index is 1790. The summed E-state index contributed by atoms with van der Waals surface area (Å²) in [5.74, 6) is -0.291. The van der Waals surface area contributed by atoms with Crippen LogP contribution in [-0.4, -0.2) is 48.3 Å². The van der Waals surface area contributed by atoms with E-state index in [1.165, 1.54) is 12.1 Å². The largest absolute Gasteiger partial charge is 0.508 e. The second-order valence-electron chi connectivity index (χ2n) is 9.06. The second-order valence-corrected chi connectivity index (χ2v) is 11.4. The highest BCUT2D eigenvalue weighted by Gasteiger charge is 2.35. The van der Waals surface area contributed by atoms with Crippen LogP contribution in [-0.2, 0) is 16.4 Å². The minimum Gasteiger partial charge on any atom is -0.508 e. The first-order chi connectivity index (χ1) is 19.8. The van der Waals surface area contributed by atoms with Gasteiger partial charge in [0.2, 0.25) is 0 Å². The molecule has 0 saturated carbocycles. The number of nitrogens with one attached hydrogen (secondary N) is 1. The van der Waals surface area contributed by atoms with Crippen molar-refractivity contribution in [2.24, 2.45) is 0 Å². The van der Waals surface area contributed by atoms with Gasteiger partial charge in [-0.05, 0) is 66.0 Å². The molecule has 5 aromatic rings. The third-order valence-electron chi connectivity index (χ3n) is 6.41. The molecule has 0 amide bonds. The maximum atomic E-state index is 13.0. The monoisotopic (exact) mass is 703 g/mol. The average molecular weight is 705 g/mol. The Labute approximate surface area is 277 Å². The van der Waals surface area contributed by atoms with Crippen molar-refractivity contribution in [3.05, 3.63) is 94.8 Å². The van der Waals surface area contributed by atoms with Crippen LogP contribution in [0.5, 0.6) is 11.6 Å². The van der Waals surface area contributed by atoms with E-state index in [0.29, 0.717) is 30.2 Å². The normalized spacial score (nSPS) is 10.9. The summed E-state index contributed by atoms with van der Waals surface area (Å²) < 4.78 is 36.0. The van der Waals surface area contributed by atoms with Gasteiger partial charge < -0.3 is 20.4 Å². The van der Waals surface area contributed by atoms with E-state index in [-0.39, 0.29) is 59.4 Å². The minimum atomic E-state index is -4.21. The smallest absolute Gasteiger partial charge is 0.415 e. The number of hydrogen-bond acceptors (Lipinski definition) is 10. The molecule has 0 bridgehead atoms. The molecule has 3 aromatic carbocycles.